The normalized spacial score (nSPS) is 9.83. The second kappa shape index (κ2) is 4.70. The van der Waals surface area contributed by atoms with Gasteiger partial charge in [0.25, 0.3) is 0 Å². The molecule has 0 aliphatic carbocycles. The van der Waals surface area contributed by atoms with Crippen LogP contribution in [0.1, 0.15) is 25.5 Å². The van der Waals surface area contributed by atoms with Crippen LogP contribution in [-0.4, -0.2) is 17.0 Å². The van der Waals surface area contributed by atoms with Gasteiger partial charge in [-0.2, -0.15) is 0 Å². The molecule has 0 amide bonds. The number of nitrogens with one attached hydrogen (secondary N) is 1. The summed E-state index contributed by atoms with van der Waals surface area (Å²) in [5.41, 5.74) is 1.12. The molecule has 0 unspecified atom stereocenters. The third-order valence-electron chi connectivity index (χ3n) is 1.77. The number of anilines is 1. The number of aryl methyl sites for hydroxylation is 1. The fourth-order valence-corrected chi connectivity index (χ4v) is 1.03. The molecule has 0 spiro atoms. The van der Waals surface area contributed by atoms with E-state index in [9.17, 15) is 0 Å². The molecule has 66 valence electrons. The Bertz CT molecular complexity index is 235. The number of rotatable bonds is 4. The van der Waals surface area contributed by atoms with E-state index >= 15 is 0 Å². The summed E-state index contributed by atoms with van der Waals surface area (Å²) < 4.78 is 0. The van der Waals surface area contributed by atoms with Gasteiger partial charge in [0.15, 0.2) is 0 Å². The van der Waals surface area contributed by atoms with Crippen LogP contribution in [0, 0.1) is 0 Å². The molecule has 0 atom stereocenters. The van der Waals surface area contributed by atoms with Crippen LogP contribution in [0.5, 0.6) is 0 Å². The average Bonchev–Trinajstić information content (AvgIpc) is 2.15. The first kappa shape index (κ1) is 8.97. The van der Waals surface area contributed by atoms with E-state index in [0.29, 0.717) is 0 Å². The minimum absolute atomic E-state index is 0.899. The predicted molar refractivity (Wildman–Crippen MR) is 50.2 cm³/mol. The first-order chi connectivity index (χ1) is 5.86. The smallest absolute Gasteiger partial charge is 0.129 e. The topological polar surface area (TPSA) is 37.8 Å². The van der Waals surface area contributed by atoms with Crippen LogP contribution in [-0.2, 0) is 6.42 Å². The molecule has 0 aromatic carbocycles. The quantitative estimate of drug-likeness (QED) is 0.740. The molecule has 1 N–H and O–H groups in total. The number of hydrogen-bond acceptors (Lipinski definition) is 3. The maximum Gasteiger partial charge on any atom is 0.129 e. The lowest BCUT2D eigenvalue weighted by molar-refractivity contribution is 0.773. The van der Waals surface area contributed by atoms with Crippen LogP contribution in [0.3, 0.4) is 0 Å². The highest BCUT2D eigenvalue weighted by Gasteiger charge is 1.95. The van der Waals surface area contributed by atoms with E-state index in [0.717, 1.165) is 17.9 Å². The van der Waals surface area contributed by atoms with Gasteiger partial charge in [0.1, 0.15) is 12.1 Å². The van der Waals surface area contributed by atoms with Crippen LogP contribution >= 0.6 is 0 Å². The summed E-state index contributed by atoms with van der Waals surface area (Å²) in [6, 6.07) is 2.00. The monoisotopic (exact) mass is 165 g/mol. The van der Waals surface area contributed by atoms with E-state index in [1.165, 1.54) is 12.8 Å². The maximum absolute atomic E-state index is 4.17. The SMILES string of the molecule is CCCCc1cc(NC)ncn1. The van der Waals surface area contributed by atoms with E-state index in [1.807, 2.05) is 13.1 Å². The summed E-state index contributed by atoms with van der Waals surface area (Å²) >= 11 is 0. The molecule has 1 aromatic rings. The van der Waals surface area contributed by atoms with Gasteiger partial charge in [-0.1, -0.05) is 13.3 Å². The van der Waals surface area contributed by atoms with Crippen molar-refractivity contribution in [1.29, 1.82) is 0 Å². The Labute approximate surface area is 73.2 Å². The predicted octanol–water partition coefficient (Wildman–Crippen LogP) is 1.86. The Morgan fingerprint density at radius 1 is 1.42 bits per heavy atom. The van der Waals surface area contributed by atoms with Crippen LogP contribution < -0.4 is 5.32 Å². The van der Waals surface area contributed by atoms with Crippen molar-refractivity contribution in [3.05, 3.63) is 18.1 Å². The van der Waals surface area contributed by atoms with Gasteiger partial charge in [-0.05, 0) is 12.8 Å². The van der Waals surface area contributed by atoms with Gasteiger partial charge in [-0.25, -0.2) is 9.97 Å². The molecule has 1 rings (SSSR count). The molecule has 3 nitrogen and oxygen atoms in total. The van der Waals surface area contributed by atoms with Crippen molar-refractivity contribution in [2.45, 2.75) is 26.2 Å². The van der Waals surface area contributed by atoms with Gasteiger partial charge in [-0.15, -0.1) is 0 Å². The van der Waals surface area contributed by atoms with Gasteiger partial charge in [0, 0.05) is 18.8 Å². The second-order valence-corrected chi connectivity index (χ2v) is 2.75. The van der Waals surface area contributed by atoms with Gasteiger partial charge in [0.2, 0.25) is 0 Å². The fourth-order valence-electron chi connectivity index (χ4n) is 1.03. The Morgan fingerprint density at radius 3 is 2.92 bits per heavy atom. The first-order valence-electron chi connectivity index (χ1n) is 4.35. The lowest BCUT2D eigenvalue weighted by Gasteiger charge is -2.01. The fraction of sp³-hybridized carbons (Fsp3) is 0.556. The summed E-state index contributed by atoms with van der Waals surface area (Å²) in [4.78, 5) is 8.22. The maximum atomic E-state index is 4.17. The Balaban J connectivity index is 2.60. The van der Waals surface area contributed by atoms with Crippen molar-refractivity contribution >= 4 is 5.82 Å². The first-order valence-corrected chi connectivity index (χ1v) is 4.35. The molecule has 3 heteroatoms. The van der Waals surface area contributed by atoms with E-state index in [1.54, 1.807) is 6.33 Å². The molecule has 0 radical (unpaired) electrons. The highest BCUT2D eigenvalue weighted by molar-refractivity contribution is 5.33. The molecule has 12 heavy (non-hydrogen) atoms. The lowest BCUT2D eigenvalue weighted by Crippen LogP contribution is -1.96. The minimum Gasteiger partial charge on any atom is -0.373 e. The molecule has 1 aromatic heterocycles. The second-order valence-electron chi connectivity index (χ2n) is 2.75. The van der Waals surface area contributed by atoms with E-state index in [-0.39, 0.29) is 0 Å². The van der Waals surface area contributed by atoms with Crippen molar-refractivity contribution in [1.82, 2.24) is 9.97 Å². The Morgan fingerprint density at radius 2 is 2.25 bits per heavy atom. The van der Waals surface area contributed by atoms with Gasteiger partial charge in [-0.3, -0.25) is 0 Å². The molecular formula is C9H15N3. The molecule has 0 aliphatic rings. The van der Waals surface area contributed by atoms with Crippen LogP contribution in [0.4, 0.5) is 5.82 Å². The van der Waals surface area contributed by atoms with Crippen molar-refractivity contribution in [2.24, 2.45) is 0 Å². The average molecular weight is 165 g/mol. The molecule has 0 bridgehead atoms. The van der Waals surface area contributed by atoms with Gasteiger partial charge >= 0.3 is 0 Å². The summed E-state index contributed by atoms with van der Waals surface area (Å²) in [7, 11) is 1.87. The molecule has 1 heterocycles. The summed E-state index contributed by atoms with van der Waals surface area (Å²) in [5.74, 6) is 0.899. The largest absolute Gasteiger partial charge is 0.373 e. The number of aromatic nitrogens is 2. The minimum atomic E-state index is 0.899. The van der Waals surface area contributed by atoms with Crippen molar-refractivity contribution in [2.75, 3.05) is 12.4 Å². The van der Waals surface area contributed by atoms with Crippen molar-refractivity contribution in [3.8, 4) is 0 Å². The highest BCUT2D eigenvalue weighted by atomic mass is 15.0. The molecule has 0 saturated carbocycles. The molecule has 0 aliphatic heterocycles. The number of unbranched alkanes of at least 4 members (excludes halogenated alkanes) is 1. The van der Waals surface area contributed by atoms with Gasteiger partial charge < -0.3 is 5.32 Å². The van der Waals surface area contributed by atoms with Crippen LogP contribution in [0.2, 0.25) is 0 Å². The van der Waals surface area contributed by atoms with E-state index < -0.39 is 0 Å². The Hall–Kier alpha value is -1.12. The summed E-state index contributed by atoms with van der Waals surface area (Å²) in [6.45, 7) is 2.18. The zero-order valence-electron chi connectivity index (χ0n) is 7.67. The highest BCUT2D eigenvalue weighted by Crippen LogP contribution is 2.05. The summed E-state index contributed by atoms with van der Waals surface area (Å²) in [6.07, 6.45) is 5.06. The molecule has 0 fully saturated rings. The third-order valence-corrected chi connectivity index (χ3v) is 1.77. The van der Waals surface area contributed by atoms with E-state index in [4.69, 9.17) is 0 Å². The molecule has 0 saturated heterocycles. The van der Waals surface area contributed by atoms with Crippen molar-refractivity contribution in [3.63, 3.8) is 0 Å². The van der Waals surface area contributed by atoms with Crippen LogP contribution in [0.15, 0.2) is 12.4 Å². The van der Waals surface area contributed by atoms with Crippen LogP contribution in [0.25, 0.3) is 0 Å². The van der Waals surface area contributed by atoms with Crippen molar-refractivity contribution < 1.29 is 0 Å². The van der Waals surface area contributed by atoms with E-state index in [2.05, 4.69) is 22.2 Å². The number of hydrogen-bond donors (Lipinski definition) is 1. The third kappa shape index (κ3) is 2.49. The standard InChI is InChI=1S/C9H15N3/c1-3-4-5-8-6-9(10-2)12-7-11-8/h6-7H,3-5H2,1-2H3,(H,10,11,12). The zero-order valence-corrected chi connectivity index (χ0v) is 7.67. The number of nitrogens with zero attached hydrogens (tertiary/aromatic N) is 2. The zero-order chi connectivity index (χ0) is 8.81. The Kier molecular flexibility index (Phi) is 3.51. The molecular weight excluding hydrogens is 150 g/mol. The lowest BCUT2D eigenvalue weighted by atomic mass is 10.2. The van der Waals surface area contributed by atoms with Gasteiger partial charge in [0.05, 0.1) is 0 Å². The summed E-state index contributed by atoms with van der Waals surface area (Å²) in [5, 5.41) is 2.99.